The number of ether oxygens (including phenoxy) is 2. The Morgan fingerprint density at radius 1 is 0.946 bits per heavy atom. The van der Waals surface area contributed by atoms with Gasteiger partial charge in [0.1, 0.15) is 11.5 Å². The number of aliphatic imine (C=N–C) groups is 1. The lowest BCUT2D eigenvalue weighted by atomic mass is 9.82. The molecule has 4 nitrogen and oxygen atoms in total. The van der Waals surface area contributed by atoms with Gasteiger partial charge in [-0.05, 0) is 89.6 Å². The van der Waals surface area contributed by atoms with E-state index in [1.54, 1.807) is 26.0 Å². The van der Waals surface area contributed by atoms with Crippen molar-refractivity contribution in [2.75, 3.05) is 14.2 Å². The van der Waals surface area contributed by atoms with E-state index in [-0.39, 0.29) is 6.04 Å². The molecule has 1 aliphatic carbocycles. The van der Waals surface area contributed by atoms with Gasteiger partial charge in [-0.1, -0.05) is 59.8 Å². The number of methoxy groups -OCH3 is 2. The fourth-order valence-electron chi connectivity index (χ4n) is 5.29. The molecule has 6 heteroatoms. The van der Waals surface area contributed by atoms with Gasteiger partial charge in [0, 0.05) is 10.4 Å². The van der Waals surface area contributed by atoms with Gasteiger partial charge in [-0.25, -0.2) is 4.99 Å². The van der Waals surface area contributed by atoms with Crippen LogP contribution in [0.4, 0.5) is 0 Å². The number of rotatable bonds is 5. The number of nitrogens with zero attached hydrogens (tertiary/aromatic N) is 2. The summed E-state index contributed by atoms with van der Waals surface area (Å²) in [5.41, 5.74) is 8.33. The molecule has 0 saturated heterocycles. The number of amidine groups is 1. The van der Waals surface area contributed by atoms with Gasteiger partial charge in [-0.2, -0.15) is 0 Å². The topological polar surface area (TPSA) is 34.1 Å². The molecule has 0 spiro atoms. The normalized spacial score (nSPS) is 19.8. The molecule has 2 aliphatic heterocycles. The van der Waals surface area contributed by atoms with Crippen molar-refractivity contribution in [2.45, 2.75) is 25.3 Å². The van der Waals surface area contributed by atoms with Crippen molar-refractivity contribution in [3.05, 3.63) is 117 Å². The molecule has 0 bridgehead atoms. The van der Waals surface area contributed by atoms with Crippen molar-refractivity contribution < 1.29 is 9.47 Å². The molecular formula is C31H27ClN2O2S. The fraction of sp³-hybridized carbons (Fsp3) is 0.194. The van der Waals surface area contributed by atoms with Crippen LogP contribution in [-0.4, -0.2) is 24.3 Å². The Morgan fingerprint density at radius 3 is 2.49 bits per heavy atom. The first-order valence-corrected chi connectivity index (χ1v) is 13.6. The highest BCUT2D eigenvalue weighted by Gasteiger charge is 2.40. The Bertz CT molecular complexity index is 1470. The number of hydrogen-bond donors (Lipinski definition) is 0. The number of thioether (sulfide) groups is 1. The highest BCUT2D eigenvalue weighted by atomic mass is 35.5. The third-order valence-corrected chi connectivity index (χ3v) is 8.11. The third kappa shape index (κ3) is 4.58. The van der Waals surface area contributed by atoms with Crippen molar-refractivity contribution in [2.24, 2.45) is 4.99 Å². The Kier molecular flexibility index (Phi) is 6.58. The van der Waals surface area contributed by atoms with Crippen LogP contribution in [-0.2, 0) is 0 Å². The Balaban J connectivity index is 1.49. The van der Waals surface area contributed by atoms with Crippen LogP contribution >= 0.6 is 23.4 Å². The zero-order valence-corrected chi connectivity index (χ0v) is 22.4. The number of allylic oxidation sites excluding steroid dienone is 1. The van der Waals surface area contributed by atoms with E-state index in [4.69, 9.17) is 26.1 Å². The predicted octanol–water partition coefficient (Wildman–Crippen LogP) is 8.34. The average Bonchev–Trinajstić information content (AvgIpc) is 3.36. The molecule has 3 aromatic rings. The van der Waals surface area contributed by atoms with Crippen molar-refractivity contribution >= 4 is 40.3 Å². The summed E-state index contributed by atoms with van der Waals surface area (Å²) in [6, 6.07) is 24.7. The van der Waals surface area contributed by atoms with Crippen LogP contribution in [0.1, 0.15) is 42.0 Å². The second-order valence-corrected chi connectivity index (χ2v) is 10.5. The SMILES string of the molecule is COc1cccc(/C=C2\CCCC3=C2N=C2SC=C(c4ccc(Cl)cc4)N2C3c2cccc(OC)c2)c1. The zero-order chi connectivity index (χ0) is 25.4. The third-order valence-electron chi connectivity index (χ3n) is 7.02. The molecule has 3 aromatic carbocycles. The van der Waals surface area contributed by atoms with Crippen LogP contribution < -0.4 is 9.47 Å². The van der Waals surface area contributed by atoms with Crippen LogP contribution in [0.25, 0.3) is 11.8 Å². The molecular weight excluding hydrogens is 500 g/mol. The van der Waals surface area contributed by atoms with Gasteiger partial charge in [-0.3, -0.25) is 0 Å². The minimum atomic E-state index is 0.0311. The van der Waals surface area contributed by atoms with Gasteiger partial charge < -0.3 is 14.4 Å². The lowest BCUT2D eigenvalue weighted by Crippen LogP contribution is -2.34. The number of fused-ring (bicyclic) bond motifs is 1. The van der Waals surface area contributed by atoms with E-state index >= 15 is 0 Å². The lowest BCUT2D eigenvalue weighted by molar-refractivity contribution is 0.410. The number of halogens is 1. The molecule has 1 atom stereocenters. The van der Waals surface area contributed by atoms with E-state index in [2.05, 4.69) is 58.8 Å². The van der Waals surface area contributed by atoms with Crippen LogP contribution in [0.2, 0.25) is 5.02 Å². The molecule has 0 amide bonds. The second-order valence-electron chi connectivity index (χ2n) is 9.24. The van der Waals surface area contributed by atoms with E-state index < -0.39 is 0 Å². The summed E-state index contributed by atoms with van der Waals surface area (Å²) >= 11 is 7.89. The van der Waals surface area contributed by atoms with Crippen LogP contribution in [0, 0.1) is 0 Å². The quantitative estimate of drug-likeness (QED) is 0.334. The summed E-state index contributed by atoms with van der Waals surface area (Å²) in [4.78, 5) is 7.66. The molecule has 0 N–H and O–H groups in total. The Labute approximate surface area is 227 Å². The minimum Gasteiger partial charge on any atom is -0.497 e. The summed E-state index contributed by atoms with van der Waals surface area (Å²) in [6.45, 7) is 0. The van der Waals surface area contributed by atoms with Crippen molar-refractivity contribution in [1.29, 1.82) is 0 Å². The van der Waals surface area contributed by atoms with Gasteiger partial charge in [0.2, 0.25) is 0 Å². The lowest BCUT2D eigenvalue weighted by Gasteiger charge is -2.40. The van der Waals surface area contributed by atoms with Gasteiger partial charge in [-0.15, -0.1) is 0 Å². The zero-order valence-electron chi connectivity index (χ0n) is 20.8. The monoisotopic (exact) mass is 526 g/mol. The first-order chi connectivity index (χ1) is 18.1. The largest absolute Gasteiger partial charge is 0.497 e. The summed E-state index contributed by atoms with van der Waals surface area (Å²) in [6.07, 6.45) is 5.35. The standard InChI is InChI=1S/C31H27ClN2O2S/c1-35-25-9-3-6-20(17-25)16-22-7-5-11-27-29(22)33-31-34(30(27)23-8-4-10-26(18-23)36-2)28(19-37-31)21-12-14-24(32)15-13-21/h3-4,6,8-10,12-19,30H,5,7,11H2,1-2H3/b22-16+. The first kappa shape index (κ1) is 24.0. The smallest absolute Gasteiger partial charge is 0.174 e. The molecule has 1 unspecified atom stereocenters. The van der Waals surface area contributed by atoms with Crippen LogP contribution in [0.15, 0.2) is 100 Å². The summed E-state index contributed by atoms with van der Waals surface area (Å²) in [5, 5.41) is 3.94. The van der Waals surface area contributed by atoms with Gasteiger partial charge >= 0.3 is 0 Å². The number of hydrogen-bond acceptors (Lipinski definition) is 5. The molecule has 0 aromatic heterocycles. The van der Waals surface area contributed by atoms with Crippen molar-refractivity contribution in [3.8, 4) is 11.5 Å². The minimum absolute atomic E-state index is 0.0311. The van der Waals surface area contributed by atoms with E-state index in [9.17, 15) is 0 Å². The summed E-state index contributed by atoms with van der Waals surface area (Å²) in [5.74, 6) is 1.72. The Morgan fingerprint density at radius 2 is 1.70 bits per heavy atom. The van der Waals surface area contributed by atoms with E-state index in [1.807, 2.05) is 30.3 Å². The van der Waals surface area contributed by atoms with E-state index in [1.165, 1.54) is 16.7 Å². The number of benzene rings is 3. The molecule has 186 valence electrons. The highest BCUT2D eigenvalue weighted by molar-refractivity contribution is 8.16. The molecule has 0 radical (unpaired) electrons. The summed E-state index contributed by atoms with van der Waals surface area (Å²) < 4.78 is 11.1. The van der Waals surface area contributed by atoms with E-state index in [0.717, 1.165) is 63.5 Å². The van der Waals surface area contributed by atoms with E-state index in [0.29, 0.717) is 0 Å². The maximum absolute atomic E-state index is 6.21. The molecule has 6 rings (SSSR count). The second kappa shape index (κ2) is 10.2. The summed E-state index contributed by atoms with van der Waals surface area (Å²) in [7, 11) is 3.43. The maximum atomic E-state index is 6.21. The van der Waals surface area contributed by atoms with Crippen LogP contribution in [0.3, 0.4) is 0 Å². The molecule has 0 fully saturated rings. The highest BCUT2D eigenvalue weighted by Crippen LogP contribution is 2.51. The molecule has 0 saturated carbocycles. The molecule has 3 aliphatic rings. The predicted molar refractivity (Wildman–Crippen MR) is 154 cm³/mol. The van der Waals surface area contributed by atoms with Crippen LogP contribution in [0.5, 0.6) is 11.5 Å². The average molecular weight is 527 g/mol. The van der Waals surface area contributed by atoms with Gasteiger partial charge in [0.15, 0.2) is 5.17 Å². The van der Waals surface area contributed by atoms with Crippen molar-refractivity contribution in [1.82, 2.24) is 4.90 Å². The van der Waals surface area contributed by atoms with Gasteiger partial charge in [0.05, 0.1) is 31.7 Å². The Hall–Kier alpha value is -3.41. The first-order valence-electron chi connectivity index (χ1n) is 12.4. The molecule has 37 heavy (non-hydrogen) atoms. The van der Waals surface area contributed by atoms with Crippen molar-refractivity contribution in [3.63, 3.8) is 0 Å². The maximum Gasteiger partial charge on any atom is 0.174 e. The van der Waals surface area contributed by atoms with Gasteiger partial charge in [0.25, 0.3) is 0 Å². The molecule has 2 heterocycles. The fourth-order valence-corrected chi connectivity index (χ4v) is 6.35.